The van der Waals surface area contributed by atoms with Crippen molar-refractivity contribution >= 4 is 28.1 Å². The van der Waals surface area contributed by atoms with E-state index in [2.05, 4.69) is 25.7 Å². The molecule has 90 valence electrons. The number of nitrogens with one attached hydrogen (secondary N) is 2. The predicted molar refractivity (Wildman–Crippen MR) is 65.0 cm³/mol. The summed E-state index contributed by atoms with van der Waals surface area (Å²) in [7, 11) is 0. The number of hydrogen-bond donors (Lipinski definition) is 3. The van der Waals surface area contributed by atoms with E-state index in [4.69, 9.17) is 5.73 Å². The number of aromatic amines is 1. The summed E-state index contributed by atoms with van der Waals surface area (Å²) in [4.78, 5) is 11.8. The third kappa shape index (κ3) is 2.26. The van der Waals surface area contributed by atoms with Crippen LogP contribution in [0.15, 0.2) is 0 Å². The number of nitrogens with two attached hydrogens (primary N) is 1. The van der Waals surface area contributed by atoms with Crippen molar-refractivity contribution < 1.29 is 4.79 Å². The Morgan fingerprint density at radius 2 is 2.29 bits per heavy atom. The summed E-state index contributed by atoms with van der Waals surface area (Å²) < 4.78 is 0. The summed E-state index contributed by atoms with van der Waals surface area (Å²) in [5.41, 5.74) is 7.11. The van der Waals surface area contributed by atoms with Gasteiger partial charge in [0.15, 0.2) is 5.69 Å². The van der Waals surface area contributed by atoms with Crippen LogP contribution in [0, 0.1) is 6.92 Å². The number of hydrogen-bond acceptors (Lipinski definition) is 6. The Morgan fingerprint density at radius 1 is 1.53 bits per heavy atom. The number of carbonyl (C=O) groups is 1. The minimum absolute atomic E-state index is 0.190. The van der Waals surface area contributed by atoms with Gasteiger partial charge in [0, 0.05) is 0 Å². The molecule has 0 aromatic carbocycles. The van der Waals surface area contributed by atoms with Gasteiger partial charge in [-0.25, -0.2) is 0 Å². The summed E-state index contributed by atoms with van der Waals surface area (Å²) in [5.74, 6) is -0.380. The molecule has 1 amide bonds. The van der Waals surface area contributed by atoms with E-state index in [9.17, 15) is 4.79 Å². The molecule has 7 nitrogen and oxygen atoms in total. The number of aryl methyl sites for hydroxylation is 2. The largest absolute Gasteiger partial charge is 0.395 e. The summed E-state index contributed by atoms with van der Waals surface area (Å²) in [5, 5.41) is 18.0. The smallest absolute Gasteiger partial charge is 0.280 e. The fourth-order valence-electron chi connectivity index (χ4n) is 1.33. The summed E-state index contributed by atoms with van der Waals surface area (Å²) in [6.07, 6.45) is 0.698. The van der Waals surface area contributed by atoms with Gasteiger partial charge in [-0.1, -0.05) is 18.3 Å². The van der Waals surface area contributed by atoms with Gasteiger partial charge in [0.2, 0.25) is 5.13 Å². The second-order valence-electron chi connectivity index (χ2n) is 3.40. The maximum absolute atomic E-state index is 11.8. The van der Waals surface area contributed by atoms with E-state index < -0.39 is 0 Å². The second kappa shape index (κ2) is 4.50. The van der Waals surface area contributed by atoms with Gasteiger partial charge in [0.1, 0.15) is 5.01 Å². The van der Waals surface area contributed by atoms with Crippen molar-refractivity contribution in [3.63, 3.8) is 0 Å². The number of carbonyl (C=O) groups excluding carboxylic acids is 1. The van der Waals surface area contributed by atoms with Gasteiger partial charge >= 0.3 is 0 Å². The highest BCUT2D eigenvalue weighted by Crippen LogP contribution is 2.18. The maximum atomic E-state index is 11.8. The van der Waals surface area contributed by atoms with Gasteiger partial charge in [0.05, 0.1) is 11.4 Å². The Hall–Kier alpha value is -1.96. The van der Waals surface area contributed by atoms with Crippen LogP contribution < -0.4 is 11.1 Å². The van der Waals surface area contributed by atoms with Gasteiger partial charge in [-0.3, -0.25) is 15.2 Å². The molecular weight excluding hydrogens is 240 g/mol. The lowest BCUT2D eigenvalue weighted by Crippen LogP contribution is -2.14. The number of aromatic nitrogens is 4. The lowest BCUT2D eigenvalue weighted by Gasteiger charge is -1.98. The highest BCUT2D eigenvalue weighted by Gasteiger charge is 2.17. The quantitative estimate of drug-likeness (QED) is 0.753. The average Bonchev–Trinajstić information content (AvgIpc) is 2.85. The Morgan fingerprint density at radius 3 is 2.82 bits per heavy atom. The number of nitrogens with zero attached hydrogens (tertiary/aromatic N) is 3. The van der Waals surface area contributed by atoms with Gasteiger partial charge in [0.25, 0.3) is 5.91 Å². The highest BCUT2D eigenvalue weighted by molar-refractivity contribution is 7.15. The Labute approximate surface area is 101 Å². The first kappa shape index (κ1) is 11.5. The molecule has 2 heterocycles. The van der Waals surface area contributed by atoms with E-state index in [0.29, 0.717) is 17.2 Å². The molecule has 4 N–H and O–H groups in total. The van der Waals surface area contributed by atoms with Crippen LogP contribution in [0.5, 0.6) is 0 Å². The molecule has 0 saturated carbocycles. The van der Waals surface area contributed by atoms with E-state index in [1.54, 1.807) is 0 Å². The molecular formula is C9H12N6OS. The first-order valence-electron chi connectivity index (χ1n) is 5.06. The SMILES string of the molecule is CCc1[nH]nc(C(=O)Nc2nnc(C)s2)c1N. The Bertz CT molecular complexity index is 545. The van der Waals surface area contributed by atoms with Crippen molar-refractivity contribution in [2.75, 3.05) is 11.1 Å². The zero-order valence-electron chi connectivity index (χ0n) is 9.44. The van der Waals surface area contributed by atoms with Crippen molar-refractivity contribution in [2.45, 2.75) is 20.3 Å². The first-order chi connectivity index (χ1) is 8.11. The molecule has 0 spiro atoms. The van der Waals surface area contributed by atoms with Crippen LogP contribution in [0.25, 0.3) is 0 Å². The molecule has 0 fully saturated rings. The van der Waals surface area contributed by atoms with E-state index in [1.165, 1.54) is 11.3 Å². The number of H-pyrrole nitrogens is 1. The van der Waals surface area contributed by atoms with Crippen molar-refractivity contribution in [3.8, 4) is 0 Å². The molecule has 0 aliphatic carbocycles. The average molecular weight is 252 g/mol. The molecule has 2 aromatic rings. The monoisotopic (exact) mass is 252 g/mol. The number of amides is 1. The summed E-state index contributed by atoms with van der Waals surface area (Å²) in [6, 6.07) is 0. The van der Waals surface area contributed by atoms with Crippen molar-refractivity contribution in [3.05, 3.63) is 16.4 Å². The molecule has 0 atom stereocenters. The second-order valence-corrected chi connectivity index (χ2v) is 4.58. The topological polar surface area (TPSA) is 110 Å². The van der Waals surface area contributed by atoms with Crippen LogP contribution in [0.2, 0.25) is 0 Å². The fourth-order valence-corrected chi connectivity index (χ4v) is 1.92. The lowest BCUT2D eigenvalue weighted by molar-refractivity contribution is 0.102. The highest BCUT2D eigenvalue weighted by atomic mass is 32.1. The van der Waals surface area contributed by atoms with Crippen LogP contribution in [0.1, 0.15) is 28.1 Å². The van der Waals surface area contributed by atoms with Crippen LogP contribution in [0.4, 0.5) is 10.8 Å². The molecule has 8 heteroatoms. The molecule has 2 rings (SSSR count). The normalized spacial score (nSPS) is 10.5. The molecule has 0 unspecified atom stereocenters. The molecule has 0 aliphatic rings. The summed E-state index contributed by atoms with van der Waals surface area (Å²) in [6.45, 7) is 3.74. The third-order valence-electron chi connectivity index (χ3n) is 2.20. The van der Waals surface area contributed by atoms with Crippen LogP contribution in [-0.2, 0) is 6.42 Å². The minimum Gasteiger partial charge on any atom is -0.395 e. The number of nitrogen functional groups attached to an aromatic ring is 1. The van der Waals surface area contributed by atoms with Crippen molar-refractivity contribution in [1.29, 1.82) is 0 Å². The van der Waals surface area contributed by atoms with E-state index in [-0.39, 0.29) is 11.6 Å². The fraction of sp³-hybridized carbons (Fsp3) is 0.333. The van der Waals surface area contributed by atoms with Gasteiger partial charge in [-0.15, -0.1) is 10.2 Å². The minimum atomic E-state index is -0.380. The van der Waals surface area contributed by atoms with Crippen LogP contribution in [0.3, 0.4) is 0 Å². The van der Waals surface area contributed by atoms with Gasteiger partial charge in [-0.2, -0.15) is 5.10 Å². The molecule has 2 aromatic heterocycles. The number of rotatable bonds is 3. The maximum Gasteiger partial charge on any atom is 0.280 e. The number of anilines is 2. The zero-order chi connectivity index (χ0) is 12.4. The molecule has 0 radical (unpaired) electrons. The standard InChI is InChI=1S/C9H12N6OS/c1-3-5-6(10)7(14-13-5)8(16)11-9-15-12-4(2)17-9/h3,10H2,1-2H3,(H,13,14)(H,11,15,16). The van der Waals surface area contributed by atoms with Crippen LogP contribution in [-0.4, -0.2) is 26.3 Å². The van der Waals surface area contributed by atoms with Gasteiger partial charge < -0.3 is 5.73 Å². The molecule has 0 aliphatic heterocycles. The van der Waals surface area contributed by atoms with Crippen LogP contribution >= 0.6 is 11.3 Å². The van der Waals surface area contributed by atoms with Gasteiger partial charge in [-0.05, 0) is 13.3 Å². The van der Waals surface area contributed by atoms with E-state index in [0.717, 1.165) is 10.7 Å². The molecule has 17 heavy (non-hydrogen) atoms. The lowest BCUT2D eigenvalue weighted by atomic mass is 10.2. The van der Waals surface area contributed by atoms with Crippen molar-refractivity contribution in [1.82, 2.24) is 20.4 Å². The zero-order valence-corrected chi connectivity index (χ0v) is 10.3. The Balaban J connectivity index is 2.17. The van der Waals surface area contributed by atoms with Crippen molar-refractivity contribution in [2.24, 2.45) is 0 Å². The van der Waals surface area contributed by atoms with E-state index in [1.807, 2.05) is 13.8 Å². The molecule has 0 bridgehead atoms. The Kier molecular flexibility index (Phi) is 3.05. The predicted octanol–water partition coefficient (Wildman–Crippen LogP) is 0.967. The molecule has 0 saturated heterocycles. The van der Waals surface area contributed by atoms with E-state index >= 15 is 0 Å². The first-order valence-corrected chi connectivity index (χ1v) is 5.87. The third-order valence-corrected chi connectivity index (χ3v) is 2.95. The summed E-state index contributed by atoms with van der Waals surface area (Å²) >= 11 is 1.30.